The molecule has 0 saturated carbocycles. The van der Waals surface area contributed by atoms with Crippen LogP contribution in [-0.2, 0) is 11.3 Å². The van der Waals surface area contributed by atoms with Gasteiger partial charge in [0.2, 0.25) is 5.91 Å². The van der Waals surface area contributed by atoms with Gasteiger partial charge in [-0.05, 0) is 41.3 Å². The molecular formula is C14H11Cl2NOS. The van der Waals surface area contributed by atoms with Crippen molar-refractivity contribution in [1.29, 1.82) is 0 Å². The molecule has 0 atom stereocenters. The molecule has 98 valence electrons. The van der Waals surface area contributed by atoms with E-state index in [0.717, 1.165) is 10.4 Å². The molecule has 2 nitrogen and oxygen atoms in total. The molecule has 0 fully saturated rings. The summed E-state index contributed by atoms with van der Waals surface area (Å²) in [6.07, 6.45) is 3.15. The molecule has 0 unspecified atom stereocenters. The van der Waals surface area contributed by atoms with Gasteiger partial charge in [-0.1, -0.05) is 29.3 Å². The Labute approximate surface area is 125 Å². The molecule has 0 aliphatic carbocycles. The highest BCUT2D eigenvalue weighted by Gasteiger charge is 1.99. The minimum Gasteiger partial charge on any atom is -0.348 e. The number of hydrogen-bond acceptors (Lipinski definition) is 2. The lowest BCUT2D eigenvalue weighted by Gasteiger charge is -2.00. The van der Waals surface area contributed by atoms with Crippen LogP contribution in [0.5, 0.6) is 0 Å². The molecule has 1 aromatic carbocycles. The summed E-state index contributed by atoms with van der Waals surface area (Å²) >= 11 is 13.4. The van der Waals surface area contributed by atoms with Crippen LogP contribution in [-0.4, -0.2) is 5.91 Å². The molecule has 0 aliphatic heterocycles. The van der Waals surface area contributed by atoms with Crippen LogP contribution >= 0.6 is 34.5 Å². The van der Waals surface area contributed by atoms with Gasteiger partial charge in [-0.2, -0.15) is 0 Å². The molecule has 2 aromatic rings. The standard InChI is InChI=1S/C14H11Cl2NOS/c15-11-6-10(7-12(16)8-11)3-4-14(18)17-9-13-2-1-5-19-13/h1-8H,9H2,(H,17,18)/b4-3+. The lowest BCUT2D eigenvalue weighted by atomic mass is 10.2. The number of rotatable bonds is 4. The zero-order valence-electron chi connectivity index (χ0n) is 9.90. The number of nitrogens with one attached hydrogen (secondary N) is 1. The summed E-state index contributed by atoms with van der Waals surface area (Å²) < 4.78 is 0. The van der Waals surface area contributed by atoms with Crippen molar-refractivity contribution in [1.82, 2.24) is 5.32 Å². The van der Waals surface area contributed by atoms with E-state index in [1.807, 2.05) is 17.5 Å². The van der Waals surface area contributed by atoms with Gasteiger partial charge in [-0.15, -0.1) is 11.3 Å². The first-order chi connectivity index (χ1) is 9.13. The third kappa shape index (κ3) is 4.71. The summed E-state index contributed by atoms with van der Waals surface area (Å²) in [5.74, 6) is -0.149. The van der Waals surface area contributed by atoms with E-state index in [4.69, 9.17) is 23.2 Å². The molecular weight excluding hydrogens is 301 g/mol. The van der Waals surface area contributed by atoms with Crippen molar-refractivity contribution < 1.29 is 4.79 Å². The predicted octanol–water partition coefficient (Wildman–Crippen LogP) is 4.38. The summed E-state index contributed by atoms with van der Waals surface area (Å²) in [5.41, 5.74) is 0.795. The first kappa shape index (κ1) is 14.1. The number of benzene rings is 1. The van der Waals surface area contributed by atoms with Gasteiger partial charge in [0.25, 0.3) is 0 Å². The van der Waals surface area contributed by atoms with Crippen LogP contribution in [0.4, 0.5) is 0 Å². The van der Waals surface area contributed by atoms with Crippen molar-refractivity contribution in [3.8, 4) is 0 Å². The lowest BCUT2D eigenvalue weighted by Crippen LogP contribution is -2.19. The van der Waals surface area contributed by atoms with E-state index in [9.17, 15) is 4.79 Å². The van der Waals surface area contributed by atoms with Gasteiger partial charge in [-0.3, -0.25) is 4.79 Å². The minimum absolute atomic E-state index is 0.149. The van der Waals surface area contributed by atoms with Crippen LogP contribution in [0.15, 0.2) is 41.8 Å². The zero-order chi connectivity index (χ0) is 13.7. The number of carbonyl (C=O) groups excluding carboxylic acids is 1. The Balaban J connectivity index is 1.92. The SMILES string of the molecule is O=C(/C=C/c1cc(Cl)cc(Cl)c1)NCc1cccs1. The average molecular weight is 312 g/mol. The Kier molecular flexibility index (Phi) is 5.02. The minimum atomic E-state index is -0.149. The first-order valence-corrected chi connectivity index (χ1v) is 7.21. The molecule has 1 heterocycles. The Hall–Kier alpha value is -1.29. The molecule has 19 heavy (non-hydrogen) atoms. The number of carbonyl (C=O) groups is 1. The normalized spacial score (nSPS) is 10.8. The van der Waals surface area contributed by atoms with Crippen molar-refractivity contribution >= 4 is 46.5 Å². The molecule has 0 spiro atoms. The van der Waals surface area contributed by atoms with Crippen LogP contribution in [0.1, 0.15) is 10.4 Å². The molecule has 1 amide bonds. The average Bonchev–Trinajstić information content (AvgIpc) is 2.86. The van der Waals surface area contributed by atoms with Gasteiger partial charge in [0.05, 0.1) is 6.54 Å². The molecule has 1 aromatic heterocycles. The van der Waals surface area contributed by atoms with E-state index < -0.39 is 0 Å². The van der Waals surface area contributed by atoms with Crippen molar-refractivity contribution in [2.45, 2.75) is 6.54 Å². The maximum atomic E-state index is 11.6. The van der Waals surface area contributed by atoms with E-state index in [1.54, 1.807) is 35.6 Å². The van der Waals surface area contributed by atoms with E-state index in [-0.39, 0.29) is 5.91 Å². The maximum absolute atomic E-state index is 11.6. The Bertz CT molecular complexity index is 573. The van der Waals surface area contributed by atoms with Crippen LogP contribution in [0, 0.1) is 0 Å². The van der Waals surface area contributed by atoms with Gasteiger partial charge in [0, 0.05) is 21.0 Å². The second-order valence-corrected chi connectivity index (χ2v) is 5.74. The highest BCUT2D eigenvalue weighted by Crippen LogP contribution is 2.19. The van der Waals surface area contributed by atoms with Gasteiger partial charge in [0.15, 0.2) is 0 Å². The van der Waals surface area contributed by atoms with Crippen LogP contribution in [0.3, 0.4) is 0 Å². The molecule has 1 N–H and O–H groups in total. The van der Waals surface area contributed by atoms with Crippen molar-refractivity contribution in [3.63, 3.8) is 0 Å². The summed E-state index contributed by atoms with van der Waals surface area (Å²) in [7, 11) is 0. The van der Waals surface area contributed by atoms with E-state index in [1.165, 1.54) is 6.08 Å². The van der Waals surface area contributed by atoms with Gasteiger partial charge < -0.3 is 5.32 Å². The van der Waals surface area contributed by atoms with Crippen molar-refractivity contribution in [2.75, 3.05) is 0 Å². The Morgan fingerprint density at radius 2 is 2.00 bits per heavy atom. The van der Waals surface area contributed by atoms with Gasteiger partial charge >= 0.3 is 0 Å². The summed E-state index contributed by atoms with van der Waals surface area (Å²) in [6, 6.07) is 9.08. The summed E-state index contributed by atoms with van der Waals surface area (Å²) in [4.78, 5) is 12.7. The number of hydrogen-bond donors (Lipinski definition) is 1. The van der Waals surface area contributed by atoms with Crippen LogP contribution in [0.25, 0.3) is 6.08 Å². The van der Waals surface area contributed by atoms with E-state index in [2.05, 4.69) is 5.32 Å². The fourth-order valence-corrected chi connectivity index (χ4v) is 2.68. The van der Waals surface area contributed by atoms with E-state index >= 15 is 0 Å². The number of halogens is 2. The van der Waals surface area contributed by atoms with Crippen molar-refractivity contribution in [3.05, 3.63) is 62.3 Å². The van der Waals surface area contributed by atoms with Gasteiger partial charge in [0.1, 0.15) is 0 Å². The molecule has 0 bridgehead atoms. The monoisotopic (exact) mass is 311 g/mol. The molecule has 5 heteroatoms. The third-order valence-electron chi connectivity index (χ3n) is 2.33. The van der Waals surface area contributed by atoms with Crippen LogP contribution < -0.4 is 5.32 Å². The van der Waals surface area contributed by atoms with E-state index in [0.29, 0.717) is 16.6 Å². The highest BCUT2D eigenvalue weighted by molar-refractivity contribution is 7.09. The zero-order valence-corrected chi connectivity index (χ0v) is 12.2. The summed E-state index contributed by atoms with van der Waals surface area (Å²) in [6.45, 7) is 0.539. The molecule has 0 aliphatic rings. The second-order valence-electron chi connectivity index (χ2n) is 3.83. The maximum Gasteiger partial charge on any atom is 0.244 e. The van der Waals surface area contributed by atoms with Crippen LogP contribution in [0.2, 0.25) is 10.0 Å². The topological polar surface area (TPSA) is 29.1 Å². The Morgan fingerprint density at radius 3 is 2.63 bits per heavy atom. The quantitative estimate of drug-likeness (QED) is 0.834. The fourth-order valence-electron chi connectivity index (χ4n) is 1.49. The lowest BCUT2D eigenvalue weighted by molar-refractivity contribution is -0.116. The van der Waals surface area contributed by atoms with Gasteiger partial charge in [-0.25, -0.2) is 0 Å². The number of thiophene rings is 1. The molecule has 0 radical (unpaired) electrons. The summed E-state index contributed by atoms with van der Waals surface area (Å²) in [5, 5.41) is 5.88. The largest absolute Gasteiger partial charge is 0.348 e. The van der Waals surface area contributed by atoms with Crippen molar-refractivity contribution in [2.24, 2.45) is 0 Å². The smallest absolute Gasteiger partial charge is 0.244 e. The number of amides is 1. The molecule has 0 saturated heterocycles. The third-order valence-corrected chi connectivity index (χ3v) is 3.64. The Morgan fingerprint density at radius 1 is 1.26 bits per heavy atom. The fraction of sp³-hybridized carbons (Fsp3) is 0.0714. The highest BCUT2D eigenvalue weighted by atomic mass is 35.5. The molecule has 2 rings (SSSR count). The predicted molar refractivity (Wildman–Crippen MR) is 81.7 cm³/mol. The first-order valence-electron chi connectivity index (χ1n) is 5.58. The second kappa shape index (κ2) is 6.75.